The third-order valence-electron chi connectivity index (χ3n) is 3.79. The first-order valence-corrected chi connectivity index (χ1v) is 7.49. The summed E-state index contributed by atoms with van der Waals surface area (Å²) in [6.45, 7) is 5.05. The zero-order chi connectivity index (χ0) is 15.4. The van der Waals surface area contributed by atoms with Gasteiger partial charge in [-0.2, -0.15) is 0 Å². The second-order valence-corrected chi connectivity index (χ2v) is 5.62. The first-order valence-electron chi connectivity index (χ1n) is 7.49. The van der Waals surface area contributed by atoms with E-state index in [1.165, 1.54) is 12.1 Å². The van der Waals surface area contributed by atoms with Crippen molar-refractivity contribution in [1.29, 1.82) is 0 Å². The lowest BCUT2D eigenvalue weighted by atomic mass is 10.1. The second-order valence-electron chi connectivity index (χ2n) is 5.62. The molecule has 1 aromatic carbocycles. The highest BCUT2D eigenvalue weighted by Gasteiger charge is 2.24. The molecule has 0 radical (unpaired) electrons. The van der Waals surface area contributed by atoms with Gasteiger partial charge in [0.25, 0.3) is 5.91 Å². The van der Waals surface area contributed by atoms with Crippen LogP contribution >= 0.6 is 0 Å². The maximum atomic E-state index is 13.4. The number of halogens is 1. The minimum absolute atomic E-state index is 0.0467. The van der Waals surface area contributed by atoms with Crippen LogP contribution in [0.15, 0.2) is 18.2 Å². The molecule has 4 nitrogen and oxygen atoms in total. The predicted octanol–water partition coefficient (Wildman–Crippen LogP) is 2.63. The molecule has 2 N–H and O–H groups in total. The van der Waals surface area contributed by atoms with Crippen molar-refractivity contribution in [3.63, 3.8) is 0 Å². The highest BCUT2D eigenvalue weighted by Crippen LogP contribution is 2.26. The fraction of sp³-hybridized carbons (Fsp3) is 0.562. The molecule has 5 heteroatoms. The van der Waals surface area contributed by atoms with Crippen LogP contribution in [0, 0.1) is 5.82 Å². The Morgan fingerprint density at radius 1 is 1.29 bits per heavy atom. The number of carbonyl (C=O) groups excluding carboxylic acids is 1. The SMILES string of the molecule is CC(Oc1cc(F)ccc1[C@H](C)N)C(=O)N1CCCCC1. The smallest absolute Gasteiger partial charge is 0.263 e. The Labute approximate surface area is 125 Å². The average Bonchev–Trinajstić information content (AvgIpc) is 2.47. The Hall–Kier alpha value is -1.62. The van der Waals surface area contributed by atoms with Gasteiger partial charge in [-0.25, -0.2) is 4.39 Å². The minimum atomic E-state index is -0.637. The van der Waals surface area contributed by atoms with E-state index in [0.29, 0.717) is 11.3 Å². The molecule has 0 bridgehead atoms. The average molecular weight is 294 g/mol. The monoisotopic (exact) mass is 294 g/mol. The van der Waals surface area contributed by atoms with Crippen LogP contribution in [0.3, 0.4) is 0 Å². The summed E-state index contributed by atoms with van der Waals surface area (Å²) < 4.78 is 19.1. The largest absolute Gasteiger partial charge is 0.480 e. The van der Waals surface area contributed by atoms with Gasteiger partial charge >= 0.3 is 0 Å². The number of piperidine rings is 1. The number of hydrogen-bond acceptors (Lipinski definition) is 3. The Kier molecular flexibility index (Phi) is 5.17. The fourth-order valence-electron chi connectivity index (χ4n) is 2.60. The number of hydrogen-bond donors (Lipinski definition) is 1. The van der Waals surface area contributed by atoms with Crippen LogP contribution in [-0.2, 0) is 4.79 Å². The molecule has 0 aliphatic carbocycles. The molecule has 1 aliphatic heterocycles. The number of rotatable bonds is 4. The third kappa shape index (κ3) is 3.94. The standard InChI is InChI=1S/C16H23FN2O2/c1-11(18)14-7-6-13(17)10-15(14)21-12(2)16(20)19-8-4-3-5-9-19/h6-7,10-12H,3-5,8-9,18H2,1-2H3/t11-,12?/m0/s1. The normalized spacial score (nSPS) is 18.2. The van der Waals surface area contributed by atoms with Crippen molar-refractivity contribution in [3.05, 3.63) is 29.6 Å². The highest BCUT2D eigenvalue weighted by atomic mass is 19.1. The van der Waals surface area contributed by atoms with E-state index < -0.39 is 11.9 Å². The van der Waals surface area contributed by atoms with Crippen LogP contribution in [0.2, 0.25) is 0 Å². The lowest BCUT2D eigenvalue weighted by Crippen LogP contribution is -2.43. The lowest BCUT2D eigenvalue weighted by Gasteiger charge is -2.29. The van der Waals surface area contributed by atoms with Crippen LogP contribution < -0.4 is 10.5 Å². The van der Waals surface area contributed by atoms with Gasteiger partial charge in [-0.15, -0.1) is 0 Å². The topological polar surface area (TPSA) is 55.6 Å². The highest BCUT2D eigenvalue weighted by molar-refractivity contribution is 5.81. The number of ether oxygens (including phenoxy) is 1. The number of carbonyl (C=O) groups is 1. The zero-order valence-corrected chi connectivity index (χ0v) is 12.6. The molecule has 21 heavy (non-hydrogen) atoms. The van der Waals surface area contributed by atoms with Gasteiger partial charge in [-0.1, -0.05) is 6.07 Å². The summed E-state index contributed by atoms with van der Waals surface area (Å²) in [5, 5.41) is 0. The van der Waals surface area contributed by atoms with Gasteiger partial charge in [0.2, 0.25) is 0 Å². The molecule has 1 aromatic rings. The molecule has 1 amide bonds. The Bertz CT molecular complexity index is 499. The molecule has 116 valence electrons. The summed E-state index contributed by atoms with van der Waals surface area (Å²) in [7, 11) is 0. The van der Waals surface area contributed by atoms with E-state index in [2.05, 4.69) is 0 Å². The van der Waals surface area contributed by atoms with Gasteiger partial charge in [0.05, 0.1) is 0 Å². The van der Waals surface area contributed by atoms with Gasteiger partial charge in [0.15, 0.2) is 6.10 Å². The van der Waals surface area contributed by atoms with Crippen LogP contribution in [-0.4, -0.2) is 30.0 Å². The van der Waals surface area contributed by atoms with Crippen molar-refractivity contribution in [2.75, 3.05) is 13.1 Å². The number of nitrogens with two attached hydrogens (primary N) is 1. The molecule has 2 rings (SSSR count). The quantitative estimate of drug-likeness (QED) is 0.928. The second kappa shape index (κ2) is 6.89. The van der Waals surface area contributed by atoms with Gasteiger partial charge < -0.3 is 15.4 Å². The molecule has 0 spiro atoms. The minimum Gasteiger partial charge on any atom is -0.480 e. The van der Waals surface area contributed by atoms with Gasteiger partial charge in [-0.3, -0.25) is 4.79 Å². The third-order valence-corrected chi connectivity index (χ3v) is 3.79. The molecule has 1 unspecified atom stereocenters. The van der Waals surface area contributed by atoms with Gasteiger partial charge in [-0.05, 0) is 39.2 Å². The molecular weight excluding hydrogens is 271 g/mol. The first kappa shape index (κ1) is 15.8. The first-order chi connectivity index (χ1) is 9.99. The maximum Gasteiger partial charge on any atom is 0.263 e. The predicted molar refractivity (Wildman–Crippen MR) is 79.5 cm³/mol. The van der Waals surface area contributed by atoms with E-state index in [1.807, 2.05) is 4.90 Å². The van der Waals surface area contributed by atoms with E-state index in [9.17, 15) is 9.18 Å². The van der Waals surface area contributed by atoms with Crippen LogP contribution in [0.4, 0.5) is 4.39 Å². The fourth-order valence-corrected chi connectivity index (χ4v) is 2.60. The molecule has 1 saturated heterocycles. The molecule has 2 atom stereocenters. The zero-order valence-electron chi connectivity index (χ0n) is 12.6. The van der Waals surface area contributed by atoms with Crippen molar-refractivity contribution >= 4 is 5.91 Å². The summed E-state index contributed by atoms with van der Waals surface area (Å²) in [4.78, 5) is 14.2. The summed E-state index contributed by atoms with van der Waals surface area (Å²) in [6.07, 6.45) is 2.59. The van der Waals surface area contributed by atoms with E-state index in [1.54, 1.807) is 19.9 Å². The van der Waals surface area contributed by atoms with E-state index in [0.717, 1.165) is 32.4 Å². The summed E-state index contributed by atoms with van der Waals surface area (Å²) in [6, 6.07) is 3.97. The molecule has 0 aromatic heterocycles. The maximum absolute atomic E-state index is 13.4. The Morgan fingerprint density at radius 3 is 2.57 bits per heavy atom. The number of amides is 1. The van der Waals surface area contributed by atoms with E-state index in [4.69, 9.17) is 10.5 Å². The molecule has 1 fully saturated rings. The van der Waals surface area contributed by atoms with Crippen molar-refractivity contribution < 1.29 is 13.9 Å². The van der Waals surface area contributed by atoms with E-state index >= 15 is 0 Å². The molecular formula is C16H23FN2O2. The van der Waals surface area contributed by atoms with E-state index in [-0.39, 0.29) is 11.9 Å². The van der Waals surface area contributed by atoms with Crippen molar-refractivity contribution in [3.8, 4) is 5.75 Å². The van der Waals surface area contributed by atoms with Crippen molar-refractivity contribution in [2.45, 2.75) is 45.3 Å². The van der Waals surface area contributed by atoms with Crippen LogP contribution in [0.1, 0.15) is 44.7 Å². The summed E-state index contributed by atoms with van der Waals surface area (Å²) in [5.74, 6) is -0.0931. The molecule has 1 aliphatic rings. The van der Waals surface area contributed by atoms with Crippen LogP contribution in [0.25, 0.3) is 0 Å². The summed E-state index contributed by atoms with van der Waals surface area (Å²) >= 11 is 0. The Morgan fingerprint density at radius 2 is 1.95 bits per heavy atom. The lowest BCUT2D eigenvalue weighted by molar-refractivity contribution is -0.138. The summed E-state index contributed by atoms with van der Waals surface area (Å²) in [5.41, 5.74) is 6.56. The number of likely N-dealkylation sites (tertiary alicyclic amines) is 1. The van der Waals surface area contributed by atoms with Crippen LogP contribution in [0.5, 0.6) is 5.75 Å². The number of benzene rings is 1. The van der Waals surface area contributed by atoms with Gasteiger partial charge in [0, 0.05) is 30.8 Å². The number of nitrogens with zero attached hydrogens (tertiary/aromatic N) is 1. The van der Waals surface area contributed by atoms with Crippen molar-refractivity contribution in [1.82, 2.24) is 4.90 Å². The molecule has 1 heterocycles. The van der Waals surface area contributed by atoms with Gasteiger partial charge in [0.1, 0.15) is 11.6 Å². The molecule has 0 saturated carbocycles. The Balaban J connectivity index is 2.09. The van der Waals surface area contributed by atoms with Crippen molar-refractivity contribution in [2.24, 2.45) is 5.73 Å².